The van der Waals surface area contributed by atoms with Crippen LogP contribution in [0.5, 0.6) is 0 Å². The first-order chi connectivity index (χ1) is 9.43. The number of anilines is 2. The molecule has 1 saturated heterocycles. The highest BCUT2D eigenvalue weighted by atomic mass is 19.1. The maximum Gasteiger partial charge on any atom is 0.168 e. The van der Waals surface area contributed by atoms with Crippen LogP contribution in [0.4, 0.5) is 20.4 Å². The summed E-state index contributed by atoms with van der Waals surface area (Å²) in [5.41, 5.74) is 0.120. The first kappa shape index (κ1) is 15.0. The number of halogens is 2. The van der Waals surface area contributed by atoms with E-state index in [0.29, 0.717) is 6.54 Å². The quantitative estimate of drug-likeness (QED) is 0.891. The molecular weight excluding hydrogens is 262 g/mol. The topological polar surface area (TPSA) is 40.2 Å². The van der Waals surface area contributed by atoms with Crippen LogP contribution < -0.4 is 10.6 Å². The minimum atomic E-state index is -0.680. The van der Waals surface area contributed by atoms with E-state index in [1.165, 1.54) is 0 Å². The number of likely N-dealkylation sites (tertiary alicyclic amines) is 1. The molecule has 0 spiro atoms. The molecule has 0 aliphatic carbocycles. The number of rotatable bonds is 4. The van der Waals surface area contributed by atoms with Crippen LogP contribution in [0.3, 0.4) is 0 Å². The minimum absolute atomic E-state index is 0.0578. The Labute approximate surface area is 118 Å². The third-order valence-corrected chi connectivity index (χ3v) is 4.04. The van der Waals surface area contributed by atoms with Crippen molar-refractivity contribution in [1.29, 1.82) is 0 Å². The van der Waals surface area contributed by atoms with E-state index in [-0.39, 0.29) is 17.1 Å². The van der Waals surface area contributed by atoms with Crippen molar-refractivity contribution in [3.8, 4) is 0 Å². The molecule has 1 aromatic rings. The van der Waals surface area contributed by atoms with E-state index >= 15 is 0 Å². The number of hydrogen-bond acceptors (Lipinski definition) is 4. The van der Waals surface area contributed by atoms with Gasteiger partial charge >= 0.3 is 0 Å². The fourth-order valence-corrected chi connectivity index (χ4v) is 2.40. The molecule has 2 N–H and O–H groups in total. The molecule has 2 heterocycles. The summed E-state index contributed by atoms with van der Waals surface area (Å²) in [7, 11) is 3.67. The molecule has 0 unspecified atom stereocenters. The van der Waals surface area contributed by atoms with E-state index in [9.17, 15) is 8.78 Å². The van der Waals surface area contributed by atoms with Crippen LogP contribution in [0.1, 0.15) is 19.8 Å². The average Bonchev–Trinajstić information content (AvgIpc) is 2.42. The SMILES string of the molecule is CNc1nc(NCC2(C)CCN(C)CC2)c(F)cc1F. The first-order valence-electron chi connectivity index (χ1n) is 6.90. The standard InChI is InChI=1S/C14H22F2N4/c1-14(4-6-20(3)7-5-14)9-18-13-11(16)8-10(15)12(17-2)19-13/h8H,4-7,9H2,1-3H3,(H2,17,18,19). The molecule has 0 aromatic carbocycles. The van der Waals surface area contributed by atoms with E-state index in [1.807, 2.05) is 0 Å². The lowest BCUT2D eigenvalue weighted by Gasteiger charge is -2.38. The Bertz CT molecular complexity index is 470. The molecule has 0 bridgehead atoms. The summed E-state index contributed by atoms with van der Waals surface area (Å²) in [6.45, 7) is 4.91. The lowest BCUT2D eigenvalue weighted by Crippen LogP contribution is -2.40. The van der Waals surface area contributed by atoms with Gasteiger partial charge in [0.2, 0.25) is 0 Å². The van der Waals surface area contributed by atoms with Gasteiger partial charge in [-0.2, -0.15) is 0 Å². The van der Waals surface area contributed by atoms with E-state index in [1.54, 1.807) is 7.05 Å². The zero-order valence-corrected chi connectivity index (χ0v) is 12.3. The summed E-state index contributed by atoms with van der Waals surface area (Å²) in [6, 6.07) is 0.859. The highest BCUT2D eigenvalue weighted by Gasteiger charge is 2.29. The van der Waals surface area contributed by atoms with Gasteiger partial charge in [0.15, 0.2) is 23.3 Å². The summed E-state index contributed by atoms with van der Waals surface area (Å²) in [5.74, 6) is -1.17. The lowest BCUT2D eigenvalue weighted by atomic mass is 9.80. The Balaban J connectivity index is 2.03. The van der Waals surface area contributed by atoms with Crippen molar-refractivity contribution in [3.63, 3.8) is 0 Å². The number of pyridine rings is 1. The van der Waals surface area contributed by atoms with Crippen LogP contribution in [0.25, 0.3) is 0 Å². The molecule has 0 amide bonds. The molecule has 4 nitrogen and oxygen atoms in total. The summed E-state index contributed by atoms with van der Waals surface area (Å²) in [4.78, 5) is 6.23. The number of nitrogens with one attached hydrogen (secondary N) is 2. The smallest absolute Gasteiger partial charge is 0.168 e. The van der Waals surface area contributed by atoms with Crippen molar-refractivity contribution >= 4 is 11.6 Å². The van der Waals surface area contributed by atoms with Crippen molar-refractivity contribution in [2.45, 2.75) is 19.8 Å². The van der Waals surface area contributed by atoms with Crippen LogP contribution in [-0.4, -0.2) is 43.6 Å². The fraction of sp³-hybridized carbons (Fsp3) is 0.643. The van der Waals surface area contributed by atoms with Crippen molar-refractivity contribution in [2.75, 3.05) is 44.4 Å². The van der Waals surface area contributed by atoms with Crippen LogP contribution in [0.2, 0.25) is 0 Å². The zero-order valence-electron chi connectivity index (χ0n) is 12.3. The maximum atomic E-state index is 13.7. The van der Waals surface area contributed by atoms with Gasteiger partial charge in [-0.15, -0.1) is 0 Å². The normalized spacial score (nSPS) is 18.9. The van der Waals surface area contributed by atoms with Gasteiger partial charge in [0.05, 0.1) is 0 Å². The van der Waals surface area contributed by atoms with Crippen LogP contribution in [0, 0.1) is 17.0 Å². The first-order valence-corrected chi connectivity index (χ1v) is 6.90. The fourth-order valence-electron chi connectivity index (χ4n) is 2.40. The molecule has 20 heavy (non-hydrogen) atoms. The second-order valence-corrected chi connectivity index (χ2v) is 5.87. The summed E-state index contributed by atoms with van der Waals surface area (Å²) in [6.07, 6.45) is 2.11. The number of piperidine rings is 1. The van der Waals surface area contributed by atoms with Crippen LogP contribution in [0.15, 0.2) is 6.07 Å². The molecule has 1 aliphatic rings. The molecule has 0 radical (unpaired) electrons. The zero-order chi connectivity index (χ0) is 14.8. The molecule has 1 aliphatic heterocycles. The van der Waals surface area contributed by atoms with Crippen molar-refractivity contribution < 1.29 is 8.78 Å². The highest BCUT2D eigenvalue weighted by molar-refractivity contribution is 5.47. The third kappa shape index (κ3) is 3.36. The van der Waals surface area contributed by atoms with Gasteiger partial charge in [0, 0.05) is 19.7 Å². The molecule has 0 saturated carbocycles. The average molecular weight is 284 g/mol. The molecule has 2 rings (SSSR count). The number of nitrogens with zero attached hydrogens (tertiary/aromatic N) is 2. The van der Waals surface area contributed by atoms with Gasteiger partial charge in [-0.25, -0.2) is 13.8 Å². The van der Waals surface area contributed by atoms with Crippen LogP contribution >= 0.6 is 0 Å². The van der Waals surface area contributed by atoms with Crippen molar-refractivity contribution in [2.24, 2.45) is 5.41 Å². The second kappa shape index (κ2) is 5.91. The van der Waals surface area contributed by atoms with Gasteiger partial charge in [0.1, 0.15) is 0 Å². The predicted molar refractivity (Wildman–Crippen MR) is 77.0 cm³/mol. The molecule has 1 aromatic heterocycles. The lowest BCUT2D eigenvalue weighted by molar-refractivity contribution is 0.150. The largest absolute Gasteiger partial charge is 0.371 e. The Kier molecular flexibility index (Phi) is 4.42. The monoisotopic (exact) mass is 284 g/mol. The Hall–Kier alpha value is -1.43. The Morgan fingerprint density at radius 1 is 1.25 bits per heavy atom. The summed E-state index contributed by atoms with van der Waals surface area (Å²) >= 11 is 0. The van der Waals surface area contributed by atoms with Gasteiger partial charge in [-0.1, -0.05) is 6.92 Å². The van der Waals surface area contributed by atoms with Crippen LogP contribution in [-0.2, 0) is 0 Å². The molecular formula is C14H22F2N4. The van der Waals surface area contributed by atoms with Crippen molar-refractivity contribution in [1.82, 2.24) is 9.88 Å². The van der Waals surface area contributed by atoms with Crippen molar-refractivity contribution in [3.05, 3.63) is 17.7 Å². The van der Waals surface area contributed by atoms with E-state index in [0.717, 1.165) is 32.0 Å². The highest BCUT2D eigenvalue weighted by Crippen LogP contribution is 2.31. The van der Waals surface area contributed by atoms with Gasteiger partial charge < -0.3 is 15.5 Å². The van der Waals surface area contributed by atoms with Gasteiger partial charge in [-0.05, 0) is 38.4 Å². The Morgan fingerprint density at radius 2 is 1.85 bits per heavy atom. The summed E-state index contributed by atoms with van der Waals surface area (Å²) < 4.78 is 27.1. The minimum Gasteiger partial charge on any atom is -0.371 e. The van der Waals surface area contributed by atoms with E-state index < -0.39 is 11.6 Å². The number of hydrogen-bond donors (Lipinski definition) is 2. The third-order valence-electron chi connectivity index (χ3n) is 4.04. The Morgan fingerprint density at radius 3 is 2.45 bits per heavy atom. The maximum absolute atomic E-state index is 13.7. The molecule has 1 fully saturated rings. The molecule has 0 atom stereocenters. The summed E-state index contributed by atoms with van der Waals surface area (Å²) in [5, 5.41) is 5.65. The van der Waals surface area contributed by atoms with Gasteiger partial charge in [0.25, 0.3) is 0 Å². The van der Waals surface area contributed by atoms with E-state index in [4.69, 9.17) is 0 Å². The molecule has 6 heteroatoms. The second-order valence-electron chi connectivity index (χ2n) is 5.87. The number of aromatic nitrogens is 1. The molecule has 112 valence electrons. The van der Waals surface area contributed by atoms with Gasteiger partial charge in [-0.3, -0.25) is 0 Å². The van der Waals surface area contributed by atoms with E-state index in [2.05, 4.69) is 34.5 Å². The predicted octanol–water partition coefficient (Wildman–Crippen LogP) is 2.55.